The van der Waals surface area contributed by atoms with Crippen molar-refractivity contribution < 1.29 is 17.5 Å². The molecule has 0 spiro atoms. The number of halogens is 2. The zero-order valence-corrected chi connectivity index (χ0v) is 19.4. The Morgan fingerprint density at radius 2 is 1.93 bits per heavy atom. The summed E-state index contributed by atoms with van der Waals surface area (Å²) in [5.74, 6) is -0.372. The highest BCUT2D eigenvalue weighted by Crippen LogP contribution is 2.51. The van der Waals surface area contributed by atoms with Crippen LogP contribution in [0.25, 0.3) is 0 Å². The molecule has 11 heteroatoms. The van der Waals surface area contributed by atoms with Gasteiger partial charge in [-0.2, -0.15) is 0 Å². The van der Waals surface area contributed by atoms with Gasteiger partial charge in [0.2, 0.25) is 0 Å². The van der Waals surface area contributed by atoms with Crippen molar-refractivity contribution in [1.82, 2.24) is 26.2 Å². The van der Waals surface area contributed by atoms with Gasteiger partial charge >= 0.3 is 0 Å². The summed E-state index contributed by atoms with van der Waals surface area (Å²) >= 11 is 6.32. The van der Waals surface area contributed by atoms with Crippen molar-refractivity contribution in [3.8, 4) is 0 Å². The Balaban J connectivity index is 1.71. The lowest BCUT2D eigenvalue weighted by Gasteiger charge is -2.65. The van der Waals surface area contributed by atoms with Crippen LogP contribution in [0.4, 0.5) is 4.39 Å². The fraction of sp³-hybridized carbons (Fsp3) is 1.00. The number of hydrogen-bond donors (Lipinski definition) is 4. The van der Waals surface area contributed by atoms with Crippen molar-refractivity contribution in [2.75, 3.05) is 19.4 Å². The minimum atomic E-state index is -3.55. The number of piperazine rings is 1. The van der Waals surface area contributed by atoms with Crippen LogP contribution in [0.5, 0.6) is 0 Å². The smallest absolute Gasteiger partial charge is 0.177 e. The van der Waals surface area contributed by atoms with Crippen LogP contribution in [0.2, 0.25) is 0 Å². The Hall–Kier alpha value is -0.0700. The number of rotatable bonds is 1. The van der Waals surface area contributed by atoms with E-state index in [1.54, 1.807) is 0 Å². The molecule has 5 aliphatic rings. The van der Waals surface area contributed by atoms with Gasteiger partial charge in [-0.05, 0) is 18.3 Å². The molecule has 4 N–H and O–H groups in total. The first-order valence-electron chi connectivity index (χ1n) is 10.8. The highest BCUT2D eigenvalue weighted by atomic mass is 35.5. The van der Waals surface area contributed by atoms with E-state index in [1.165, 1.54) is 6.26 Å². The minimum Gasteiger partial charge on any atom is -0.361 e. The van der Waals surface area contributed by atoms with Gasteiger partial charge in [0.15, 0.2) is 15.3 Å². The molecular formula is C19H33ClFN5O3S. The quantitative estimate of drug-likeness (QED) is 0.315. The number of ether oxygens (including phenoxy) is 1. The van der Waals surface area contributed by atoms with E-state index in [-0.39, 0.29) is 18.0 Å². The van der Waals surface area contributed by atoms with Crippen LogP contribution in [-0.4, -0.2) is 86.0 Å². The van der Waals surface area contributed by atoms with E-state index in [1.807, 2.05) is 0 Å². The topological polar surface area (TPSA) is 94.7 Å². The second-order valence-electron chi connectivity index (χ2n) is 10.6. The fourth-order valence-corrected chi connectivity index (χ4v) is 7.69. The number of nitrogens with one attached hydrogen (secondary N) is 4. The summed E-state index contributed by atoms with van der Waals surface area (Å²) in [7, 11) is -3.55. The summed E-state index contributed by atoms with van der Waals surface area (Å²) in [5, 5.41) is 13.4. The number of hydrogen-bond acceptors (Lipinski definition) is 8. The van der Waals surface area contributed by atoms with E-state index in [0.717, 1.165) is 19.4 Å². The highest BCUT2D eigenvalue weighted by molar-refractivity contribution is 7.91. The standard InChI is InChI=1S/C19H33ClFN5O3S/c1-18(2,3)19-12-14(23-17(25-19)30(4,27)28)13(21)15(20)24-16(12)29-8-11-10-6-5-9(22-10)7-26(11)19/h9-17,22-25H,5-8H2,1-4H3/t9-,10+,11-,12?,13?,14?,15?,16?,17?,19?/m1/s1. The van der Waals surface area contributed by atoms with Crippen LogP contribution < -0.4 is 21.3 Å². The summed E-state index contributed by atoms with van der Waals surface area (Å²) < 4.78 is 47.3. The molecule has 0 aromatic heterocycles. The van der Waals surface area contributed by atoms with E-state index in [4.69, 9.17) is 16.3 Å². The lowest BCUT2D eigenvalue weighted by Crippen LogP contribution is -2.87. The Morgan fingerprint density at radius 3 is 2.60 bits per heavy atom. The lowest BCUT2D eigenvalue weighted by molar-refractivity contribution is -0.171. The molecular weight excluding hydrogens is 433 g/mol. The van der Waals surface area contributed by atoms with Gasteiger partial charge in [0, 0.05) is 30.8 Å². The fourth-order valence-electron chi connectivity index (χ4n) is 6.61. The van der Waals surface area contributed by atoms with Gasteiger partial charge in [0.25, 0.3) is 0 Å². The predicted molar refractivity (Wildman–Crippen MR) is 112 cm³/mol. The summed E-state index contributed by atoms with van der Waals surface area (Å²) in [5.41, 5.74) is -3.24. The first kappa shape index (κ1) is 21.8. The van der Waals surface area contributed by atoms with E-state index in [9.17, 15) is 8.42 Å². The highest BCUT2D eigenvalue weighted by Gasteiger charge is 2.68. The summed E-state index contributed by atoms with van der Waals surface area (Å²) in [6.07, 6.45) is 1.37. The molecule has 5 heterocycles. The molecule has 5 rings (SSSR count). The zero-order valence-electron chi connectivity index (χ0n) is 17.9. The maximum absolute atomic E-state index is 15.5. The number of piperidine rings is 1. The number of alkyl halides is 2. The molecule has 0 aromatic rings. The molecule has 0 aromatic carbocycles. The third-order valence-electron chi connectivity index (χ3n) is 7.87. The van der Waals surface area contributed by atoms with Crippen LogP contribution in [-0.2, 0) is 14.6 Å². The first-order chi connectivity index (χ1) is 13.9. The minimum absolute atomic E-state index is 0.0636. The molecule has 8 nitrogen and oxygen atoms in total. The number of nitrogens with zero attached hydrogens (tertiary/aromatic N) is 1. The van der Waals surface area contributed by atoms with Crippen molar-refractivity contribution in [3.05, 3.63) is 0 Å². The van der Waals surface area contributed by atoms with Crippen molar-refractivity contribution in [2.45, 2.75) is 86.8 Å². The van der Waals surface area contributed by atoms with Gasteiger partial charge in [-0.15, -0.1) is 11.6 Å². The zero-order chi connectivity index (χ0) is 21.6. The van der Waals surface area contributed by atoms with Crippen LogP contribution in [0.15, 0.2) is 0 Å². The van der Waals surface area contributed by atoms with Crippen molar-refractivity contribution in [1.29, 1.82) is 0 Å². The van der Waals surface area contributed by atoms with Crippen molar-refractivity contribution in [3.63, 3.8) is 0 Å². The van der Waals surface area contributed by atoms with Gasteiger partial charge in [0.05, 0.1) is 24.4 Å². The first-order valence-corrected chi connectivity index (χ1v) is 13.2. The third kappa shape index (κ3) is 3.02. The Morgan fingerprint density at radius 1 is 1.20 bits per heavy atom. The second kappa shape index (κ2) is 6.96. The van der Waals surface area contributed by atoms with E-state index in [2.05, 4.69) is 46.9 Å². The van der Waals surface area contributed by atoms with Crippen LogP contribution >= 0.6 is 11.6 Å². The summed E-state index contributed by atoms with van der Waals surface area (Å²) in [6, 6.07) is -0.0887. The molecule has 30 heavy (non-hydrogen) atoms. The monoisotopic (exact) mass is 465 g/mol. The van der Waals surface area contributed by atoms with Crippen LogP contribution in [0, 0.1) is 11.3 Å². The van der Waals surface area contributed by atoms with E-state index >= 15 is 4.39 Å². The molecule has 7 unspecified atom stereocenters. The average molecular weight is 466 g/mol. The normalized spacial score (nSPS) is 51.7. The van der Waals surface area contributed by atoms with Gasteiger partial charge in [-0.25, -0.2) is 12.8 Å². The lowest BCUT2D eigenvalue weighted by atomic mass is 9.64. The molecule has 0 aliphatic carbocycles. The maximum Gasteiger partial charge on any atom is 0.177 e. The molecule has 5 saturated heterocycles. The third-order valence-corrected chi connectivity index (χ3v) is 9.34. The predicted octanol–water partition coefficient (Wildman–Crippen LogP) is -0.0981. The van der Waals surface area contributed by atoms with Crippen LogP contribution in [0.3, 0.4) is 0 Å². The van der Waals surface area contributed by atoms with Gasteiger partial charge in [-0.1, -0.05) is 20.8 Å². The van der Waals surface area contributed by atoms with Gasteiger partial charge in [-0.3, -0.25) is 20.9 Å². The molecule has 0 saturated carbocycles. The van der Waals surface area contributed by atoms with Crippen LogP contribution in [0.1, 0.15) is 33.6 Å². The molecule has 5 fully saturated rings. The molecule has 5 aliphatic heterocycles. The largest absolute Gasteiger partial charge is 0.361 e. The molecule has 10 atom stereocenters. The van der Waals surface area contributed by atoms with E-state index < -0.39 is 50.4 Å². The van der Waals surface area contributed by atoms with E-state index in [0.29, 0.717) is 12.6 Å². The number of sulfone groups is 1. The SMILES string of the molecule is CC(C)(C)C12NC(S(C)(=O)=O)NC3C(F)C(Cl)NC(OC[C@@H]4[C@@H]5CC[C@H](CN41)N5)C32. The molecule has 0 radical (unpaired) electrons. The van der Waals surface area contributed by atoms with Gasteiger partial charge < -0.3 is 10.1 Å². The van der Waals surface area contributed by atoms with Crippen molar-refractivity contribution >= 4 is 21.4 Å². The summed E-state index contributed by atoms with van der Waals surface area (Å²) in [4.78, 5) is 2.41. The Kier molecular flexibility index (Phi) is 5.05. The maximum atomic E-state index is 15.5. The van der Waals surface area contributed by atoms with Gasteiger partial charge in [0.1, 0.15) is 17.9 Å². The summed E-state index contributed by atoms with van der Waals surface area (Å²) in [6.45, 7) is 7.55. The molecule has 0 amide bonds. The molecule has 2 bridgehead atoms. The average Bonchev–Trinajstić information content (AvgIpc) is 2.96. The number of fused-ring (bicyclic) bond motifs is 5. The molecule has 172 valence electrons. The van der Waals surface area contributed by atoms with Crippen molar-refractivity contribution in [2.24, 2.45) is 11.3 Å². The second-order valence-corrected chi connectivity index (χ2v) is 13.2. The Bertz CT molecular complexity index is 812. The Labute approximate surface area is 182 Å².